The van der Waals surface area contributed by atoms with E-state index in [1.54, 1.807) is 12.2 Å². The lowest BCUT2D eigenvalue weighted by atomic mass is 9.85. The zero-order valence-electron chi connectivity index (χ0n) is 40.5. The lowest BCUT2D eigenvalue weighted by Gasteiger charge is -2.41. The Labute approximate surface area is 406 Å². The fraction of sp³-hybridized carbons (Fsp3) is 0.585. The number of carbonyl (C=O) groups excluding carboxylic acids is 2. The van der Waals surface area contributed by atoms with Crippen molar-refractivity contribution in [1.82, 2.24) is 0 Å². The van der Waals surface area contributed by atoms with Crippen molar-refractivity contribution in [2.24, 2.45) is 0 Å². The first-order chi connectivity index (χ1) is 32.8. The number of carbonyl (C=O) groups is 2. The van der Waals surface area contributed by atoms with Gasteiger partial charge in [0.1, 0.15) is 43.2 Å². The lowest BCUT2D eigenvalue weighted by molar-refractivity contribution is -0.220. The summed E-state index contributed by atoms with van der Waals surface area (Å²) < 4.78 is 33.4. The van der Waals surface area contributed by atoms with E-state index in [-0.39, 0.29) is 19.3 Å². The predicted molar refractivity (Wildman–Crippen MR) is 268 cm³/mol. The molecule has 0 aromatic rings. The van der Waals surface area contributed by atoms with Gasteiger partial charge in [-0.3, -0.25) is 18.6 Å². The first-order valence-corrected chi connectivity index (χ1v) is 25.9. The number of phosphoric acid groups is 1. The quantitative estimate of drug-likeness (QED) is 0.0101. The molecule has 0 amide bonds. The van der Waals surface area contributed by atoms with E-state index in [4.69, 9.17) is 18.5 Å². The van der Waals surface area contributed by atoms with Gasteiger partial charge in [0.05, 0.1) is 12.7 Å². The summed E-state index contributed by atoms with van der Waals surface area (Å²) >= 11 is 0. The molecule has 0 heterocycles. The molecule has 1 aliphatic carbocycles. The Kier molecular flexibility index (Phi) is 37.6. The van der Waals surface area contributed by atoms with Crippen LogP contribution in [0.15, 0.2) is 122 Å². The van der Waals surface area contributed by atoms with Crippen molar-refractivity contribution in [3.05, 3.63) is 122 Å². The maximum absolute atomic E-state index is 12.8. The Morgan fingerprint density at radius 1 is 0.544 bits per heavy atom. The van der Waals surface area contributed by atoms with Gasteiger partial charge in [-0.05, 0) is 89.9 Å². The number of aliphatic hydroxyl groups excluding tert-OH is 6. The fourth-order valence-corrected chi connectivity index (χ4v) is 7.41. The van der Waals surface area contributed by atoms with Crippen LogP contribution in [0.3, 0.4) is 0 Å². The molecule has 0 spiro atoms. The van der Waals surface area contributed by atoms with E-state index >= 15 is 0 Å². The molecule has 1 aliphatic rings. The Balaban J connectivity index is 2.58. The van der Waals surface area contributed by atoms with Crippen LogP contribution in [-0.2, 0) is 32.7 Å². The molecule has 384 valence electrons. The summed E-state index contributed by atoms with van der Waals surface area (Å²) in [4.78, 5) is 35.8. The summed E-state index contributed by atoms with van der Waals surface area (Å²) in [5.74, 6) is -1.43. The topological polar surface area (TPSA) is 230 Å². The van der Waals surface area contributed by atoms with Crippen molar-refractivity contribution in [2.75, 3.05) is 13.2 Å². The van der Waals surface area contributed by atoms with Crippen molar-refractivity contribution in [1.29, 1.82) is 0 Å². The number of esters is 2. The van der Waals surface area contributed by atoms with Crippen molar-refractivity contribution >= 4 is 19.8 Å². The normalized spacial score (nSPS) is 22.5. The van der Waals surface area contributed by atoms with E-state index in [9.17, 15) is 49.7 Å². The van der Waals surface area contributed by atoms with Crippen LogP contribution in [0.1, 0.15) is 136 Å². The van der Waals surface area contributed by atoms with Crippen LogP contribution in [0.4, 0.5) is 0 Å². The summed E-state index contributed by atoms with van der Waals surface area (Å²) in [6, 6.07) is 0. The standard InChI is InChI=1S/C53H83O14P/c1-3-5-7-9-11-13-15-17-19-21-22-23-25-27-29-31-33-35-37-39-47(56)66-45(43-65-68(62,63)67-53-51(60)49(58)48(57)50(59)52(53)61)42-64-46(55)41-40-44(54)38-36-34-32-30-28-26-24-20-18-16-14-12-10-8-6-4-2/h6,8,11-14,17-20,22-23,26-29,32,34,36,38,44-45,48-54,57-61H,3-5,7,9-10,15-16,21,24-25,30-31,33,35,37,39-43H2,1-2H3,(H,62,63)/b8-6-,13-11-,14-12-,19-17-,20-18-,23-22-,28-26-,29-27-,34-32-,38-36-/t44?,45-,48?,49-,50+,51-,52-,53?/m1/s1. The molecule has 0 radical (unpaired) electrons. The van der Waals surface area contributed by atoms with Crippen LogP contribution in [-0.4, -0.2) is 110 Å². The highest BCUT2D eigenvalue weighted by Gasteiger charge is 2.51. The van der Waals surface area contributed by atoms with E-state index in [0.29, 0.717) is 12.8 Å². The van der Waals surface area contributed by atoms with Gasteiger partial charge >= 0.3 is 19.8 Å². The molecule has 0 aromatic heterocycles. The summed E-state index contributed by atoms with van der Waals surface area (Å²) in [6.45, 7) is 2.91. The predicted octanol–water partition coefficient (Wildman–Crippen LogP) is 9.14. The number of aliphatic hydroxyl groups is 6. The van der Waals surface area contributed by atoms with E-state index in [0.717, 1.165) is 70.6 Å². The number of allylic oxidation sites excluding steroid dienone is 19. The smallest absolute Gasteiger partial charge is 0.462 e. The van der Waals surface area contributed by atoms with E-state index < -0.39 is 81.8 Å². The molecule has 1 saturated carbocycles. The van der Waals surface area contributed by atoms with Gasteiger partial charge < -0.3 is 45.0 Å². The third kappa shape index (κ3) is 32.9. The van der Waals surface area contributed by atoms with Crippen molar-refractivity contribution < 1.29 is 68.2 Å². The zero-order chi connectivity index (χ0) is 50.1. The van der Waals surface area contributed by atoms with Gasteiger partial charge in [0.15, 0.2) is 6.10 Å². The summed E-state index contributed by atoms with van der Waals surface area (Å²) in [5, 5.41) is 60.6. The summed E-state index contributed by atoms with van der Waals surface area (Å²) in [5.41, 5.74) is 0. The molecule has 4 unspecified atom stereocenters. The maximum atomic E-state index is 12.8. The number of hydrogen-bond donors (Lipinski definition) is 7. The molecule has 0 bridgehead atoms. The lowest BCUT2D eigenvalue weighted by Crippen LogP contribution is -2.64. The Morgan fingerprint density at radius 2 is 1.01 bits per heavy atom. The van der Waals surface area contributed by atoms with Crippen molar-refractivity contribution in [3.8, 4) is 0 Å². The van der Waals surface area contributed by atoms with Crippen LogP contribution in [0.25, 0.3) is 0 Å². The highest BCUT2D eigenvalue weighted by Crippen LogP contribution is 2.47. The number of rotatable bonds is 38. The van der Waals surface area contributed by atoms with E-state index in [1.807, 2.05) is 12.2 Å². The molecule has 7 N–H and O–H groups in total. The Hall–Kier alpha value is -3.79. The van der Waals surface area contributed by atoms with Gasteiger partial charge in [0.2, 0.25) is 0 Å². The van der Waals surface area contributed by atoms with Gasteiger partial charge in [0, 0.05) is 12.8 Å². The van der Waals surface area contributed by atoms with Crippen LogP contribution in [0.5, 0.6) is 0 Å². The van der Waals surface area contributed by atoms with Crippen LogP contribution < -0.4 is 0 Å². The molecular weight excluding hydrogens is 892 g/mol. The van der Waals surface area contributed by atoms with Gasteiger partial charge in [-0.1, -0.05) is 155 Å². The second-order valence-corrected chi connectivity index (χ2v) is 17.8. The van der Waals surface area contributed by atoms with Crippen molar-refractivity contribution in [2.45, 2.75) is 185 Å². The first kappa shape index (κ1) is 62.2. The molecular formula is C53H83O14P. The highest BCUT2D eigenvalue weighted by atomic mass is 31.2. The maximum Gasteiger partial charge on any atom is 0.472 e. The zero-order valence-corrected chi connectivity index (χ0v) is 41.3. The Morgan fingerprint density at radius 3 is 1.53 bits per heavy atom. The minimum absolute atomic E-state index is 0.00132. The highest BCUT2D eigenvalue weighted by molar-refractivity contribution is 7.47. The molecule has 0 saturated heterocycles. The summed E-state index contributed by atoms with van der Waals surface area (Å²) in [7, 11) is -5.20. The third-order valence-electron chi connectivity index (χ3n) is 10.4. The number of unbranched alkanes of at least 4 members (excludes halogenated alkanes) is 6. The summed E-state index contributed by atoms with van der Waals surface area (Å²) in [6.07, 6.45) is 41.3. The number of ether oxygens (including phenoxy) is 2. The molecule has 68 heavy (non-hydrogen) atoms. The molecule has 15 heteroatoms. The monoisotopic (exact) mass is 975 g/mol. The third-order valence-corrected chi connectivity index (χ3v) is 11.4. The second-order valence-electron chi connectivity index (χ2n) is 16.4. The minimum atomic E-state index is -5.20. The van der Waals surface area contributed by atoms with Gasteiger partial charge in [-0.25, -0.2) is 4.57 Å². The molecule has 1 fully saturated rings. The van der Waals surface area contributed by atoms with Gasteiger partial charge in [-0.2, -0.15) is 0 Å². The van der Waals surface area contributed by atoms with Crippen LogP contribution >= 0.6 is 7.82 Å². The number of hydrogen-bond acceptors (Lipinski definition) is 13. The van der Waals surface area contributed by atoms with Crippen LogP contribution in [0.2, 0.25) is 0 Å². The number of phosphoric ester groups is 1. The SMILES string of the molecule is CC/C=C\C/C=C\C/C=C\C/C=C\C/C=C\C=C/C(O)CCC(=O)OC[C@H](COP(=O)(O)OC1[C@H](O)[C@H](O)C(O)[C@H](O)[C@H]1O)OC(=O)CCCCC/C=C\C/C=C\C/C=C\C/C=C\CCCCC. The average molecular weight is 975 g/mol. The van der Waals surface area contributed by atoms with Crippen molar-refractivity contribution in [3.63, 3.8) is 0 Å². The van der Waals surface area contributed by atoms with E-state index in [1.165, 1.54) is 25.3 Å². The molecule has 0 aromatic carbocycles. The minimum Gasteiger partial charge on any atom is -0.462 e. The average Bonchev–Trinajstić information content (AvgIpc) is 3.32. The van der Waals surface area contributed by atoms with Gasteiger partial charge in [0.25, 0.3) is 0 Å². The molecule has 0 aliphatic heterocycles. The van der Waals surface area contributed by atoms with E-state index in [2.05, 4.69) is 105 Å². The Bertz CT molecular complexity index is 1660. The molecule has 14 nitrogen and oxygen atoms in total. The molecule has 1 rings (SSSR count). The molecule has 9 atom stereocenters. The largest absolute Gasteiger partial charge is 0.472 e. The first-order valence-electron chi connectivity index (χ1n) is 24.4. The van der Waals surface area contributed by atoms with Gasteiger partial charge in [-0.15, -0.1) is 0 Å². The van der Waals surface area contributed by atoms with Crippen LogP contribution in [0, 0.1) is 0 Å². The second kappa shape index (κ2) is 41.0. The fourth-order valence-electron chi connectivity index (χ4n) is 6.44.